The number of fused-ring (bicyclic) bond motifs is 1. The van der Waals surface area contributed by atoms with Crippen molar-refractivity contribution in [3.63, 3.8) is 0 Å². The molecule has 1 aromatic heterocycles. The van der Waals surface area contributed by atoms with Crippen LogP contribution in [0.15, 0.2) is 30.6 Å². The van der Waals surface area contributed by atoms with E-state index in [0.717, 1.165) is 11.3 Å². The minimum absolute atomic E-state index is 0.181. The number of carbonyl (C=O) groups excluding carboxylic acids is 1. The van der Waals surface area contributed by atoms with Crippen molar-refractivity contribution in [2.45, 2.75) is 6.54 Å². The van der Waals surface area contributed by atoms with Gasteiger partial charge in [-0.2, -0.15) is 0 Å². The number of nitrogens with zero attached hydrogens (tertiary/aromatic N) is 2. The highest BCUT2D eigenvalue weighted by Gasteiger charge is 2.13. The van der Waals surface area contributed by atoms with E-state index in [0.29, 0.717) is 25.5 Å². The van der Waals surface area contributed by atoms with Crippen LogP contribution in [0.3, 0.4) is 0 Å². The summed E-state index contributed by atoms with van der Waals surface area (Å²) in [5.74, 6) is 1.08. The van der Waals surface area contributed by atoms with Gasteiger partial charge in [0.1, 0.15) is 24.1 Å². The average molecular weight is 306 g/mol. The Balaban J connectivity index is 1.66. The van der Waals surface area contributed by atoms with Crippen LogP contribution >= 0.6 is 11.6 Å². The third-order valence-electron chi connectivity index (χ3n) is 2.90. The fourth-order valence-electron chi connectivity index (χ4n) is 1.92. The Labute approximate surface area is 126 Å². The molecule has 0 saturated heterocycles. The molecular formula is C14H12ClN3O3. The van der Waals surface area contributed by atoms with Gasteiger partial charge in [-0.1, -0.05) is 17.7 Å². The fourth-order valence-corrected chi connectivity index (χ4v) is 2.07. The van der Waals surface area contributed by atoms with Crippen molar-refractivity contribution in [3.8, 4) is 11.5 Å². The van der Waals surface area contributed by atoms with Gasteiger partial charge in [0.05, 0.1) is 12.4 Å². The molecule has 0 aliphatic carbocycles. The monoisotopic (exact) mass is 305 g/mol. The molecule has 0 radical (unpaired) electrons. The van der Waals surface area contributed by atoms with E-state index >= 15 is 0 Å². The van der Waals surface area contributed by atoms with Crippen molar-refractivity contribution in [3.05, 3.63) is 47.0 Å². The molecule has 21 heavy (non-hydrogen) atoms. The largest absolute Gasteiger partial charge is 0.486 e. The van der Waals surface area contributed by atoms with Crippen LogP contribution in [-0.2, 0) is 6.54 Å². The highest BCUT2D eigenvalue weighted by atomic mass is 35.5. The zero-order chi connectivity index (χ0) is 14.7. The molecule has 0 bridgehead atoms. The van der Waals surface area contributed by atoms with Gasteiger partial charge in [0, 0.05) is 6.54 Å². The number of benzene rings is 1. The zero-order valence-corrected chi connectivity index (χ0v) is 11.8. The molecule has 0 spiro atoms. The molecule has 0 atom stereocenters. The van der Waals surface area contributed by atoms with Gasteiger partial charge in [-0.25, -0.2) is 4.98 Å². The number of aromatic nitrogens is 2. The van der Waals surface area contributed by atoms with Gasteiger partial charge in [0.2, 0.25) is 0 Å². The third kappa shape index (κ3) is 3.22. The van der Waals surface area contributed by atoms with Gasteiger partial charge in [0.15, 0.2) is 11.5 Å². The normalized spacial score (nSPS) is 12.8. The summed E-state index contributed by atoms with van der Waals surface area (Å²) < 4.78 is 10.9. The number of ether oxygens (including phenoxy) is 2. The van der Waals surface area contributed by atoms with Crippen molar-refractivity contribution in [1.29, 1.82) is 0 Å². The quantitative estimate of drug-likeness (QED) is 0.936. The number of halogens is 1. The van der Waals surface area contributed by atoms with E-state index in [9.17, 15) is 4.79 Å². The summed E-state index contributed by atoms with van der Waals surface area (Å²) in [4.78, 5) is 19.7. The molecule has 0 saturated carbocycles. The molecule has 1 aromatic carbocycles. The standard InChI is InChI=1S/C14H12ClN3O3/c15-13-8-16-7-10(18-13)14(19)17-6-9-1-2-11-12(5-9)21-4-3-20-11/h1-2,5,7-8H,3-4,6H2,(H,17,19). The second-order valence-electron chi connectivity index (χ2n) is 4.39. The predicted octanol–water partition coefficient (Wildman–Crippen LogP) is 1.83. The molecule has 2 aromatic rings. The van der Waals surface area contributed by atoms with E-state index in [1.54, 1.807) is 0 Å². The molecular weight excluding hydrogens is 294 g/mol. The number of rotatable bonds is 3. The van der Waals surface area contributed by atoms with Crippen molar-refractivity contribution < 1.29 is 14.3 Å². The molecule has 1 aliphatic rings. The Kier molecular flexibility index (Phi) is 3.87. The van der Waals surface area contributed by atoms with Crippen LogP contribution in [-0.4, -0.2) is 29.1 Å². The molecule has 1 N–H and O–H groups in total. The number of amides is 1. The molecule has 2 heterocycles. The lowest BCUT2D eigenvalue weighted by Gasteiger charge is -2.18. The smallest absolute Gasteiger partial charge is 0.271 e. The number of carbonyl (C=O) groups is 1. The first-order valence-electron chi connectivity index (χ1n) is 6.36. The summed E-state index contributed by atoms with van der Waals surface area (Å²) in [6.07, 6.45) is 2.74. The predicted molar refractivity (Wildman–Crippen MR) is 75.6 cm³/mol. The van der Waals surface area contributed by atoms with E-state index in [1.807, 2.05) is 18.2 Å². The maximum absolute atomic E-state index is 11.9. The highest BCUT2D eigenvalue weighted by molar-refractivity contribution is 6.29. The zero-order valence-electron chi connectivity index (χ0n) is 11.0. The van der Waals surface area contributed by atoms with Crippen LogP contribution in [0.1, 0.15) is 16.1 Å². The van der Waals surface area contributed by atoms with Gasteiger partial charge in [0.25, 0.3) is 5.91 Å². The second-order valence-corrected chi connectivity index (χ2v) is 4.77. The van der Waals surface area contributed by atoms with Gasteiger partial charge in [-0.15, -0.1) is 0 Å². The number of hydrogen-bond acceptors (Lipinski definition) is 5. The molecule has 0 fully saturated rings. The maximum Gasteiger partial charge on any atom is 0.271 e. The Hall–Kier alpha value is -2.34. The fraction of sp³-hybridized carbons (Fsp3) is 0.214. The maximum atomic E-state index is 11.9. The average Bonchev–Trinajstić information content (AvgIpc) is 2.52. The topological polar surface area (TPSA) is 73.3 Å². The lowest BCUT2D eigenvalue weighted by molar-refractivity contribution is 0.0945. The van der Waals surface area contributed by atoms with Crippen molar-refractivity contribution in [1.82, 2.24) is 15.3 Å². The molecule has 1 amide bonds. The molecule has 6 nitrogen and oxygen atoms in total. The van der Waals surface area contributed by atoms with E-state index < -0.39 is 0 Å². The summed E-state index contributed by atoms with van der Waals surface area (Å²) in [6, 6.07) is 5.55. The van der Waals surface area contributed by atoms with Gasteiger partial charge in [-0.05, 0) is 17.7 Å². The summed E-state index contributed by atoms with van der Waals surface area (Å²) in [5, 5.41) is 2.94. The Morgan fingerprint density at radius 3 is 2.86 bits per heavy atom. The molecule has 0 unspecified atom stereocenters. The van der Waals surface area contributed by atoms with Crippen molar-refractivity contribution in [2.75, 3.05) is 13.2 Å². The molecule has 7 heteroatoms. The lowest BCUT2D eigenvalue weighted by atomic mass is 10.2. The van der Waals surface area contributed by atoms with Crippen LogP contribution in [0.5, 0.6) is 11.5 Å². The SMILES string of the molecule is O=C(NCc1ccc2c(c1)OCCO2)c1cncc(Cl)n1. The summed E-state index contributed by atoms with van der Waals surface area (Å²) >= 11 is 5.70. The van der Waals surface area contributed by atoms with Crippen LogP contribution in [0.25, 0.3) is 0 Å². The molecule has 3 rings (SSSR count). The van der Waals surface area contributed by atoms with Gasteiger partial charge in [-0.3, -0.25) is 9.78 Å². The first-order valence-corrected chi connectivity index (χ1v) is 6.74. The highest BCUT2D eigenvalue weighted by Crippen LogP contribution is 2.30. The Morgan fingerprint density at radius 2 is 2.05 bits per heavy atom. The van der Waals surface area contributed by atoms with Crippen molar-refractivity contribution in [2.24, 2.45) is 0 Å². The van der Waals surface area contributed by atoms with Gasteiger partial charge >= 0.3 is 0 Å². The Bertz CT molecular complexity index is 678. The lowest BCUT2D eigenvalue weighted by Crippen LogP contribution is -2.24. The first kappa shape index (κ1) is 13.6. The number of hydrogen-bond donors (Lipinski definition) is 1. The minimum Gasteiger partial charge on any atom is -0.486 e. The van der Waals surface area contributed by atoms with E-state index in [2.05, 4.69) is 15.3 Å². The number of nitrogens with one attached hydrogen (secondary N) is 1. The molecule has 1 aliphatic heterocycles. The van der Waals surface area contributed by atoms with E-state index in [-0.39, 0.29) is 16.8 Å². The molecule has 108 valence electrons. The summed E-state index contributed by atoms with van der Waals surface area (Å²) in [7, 11) is 0. The second kappa shape index (κ2) is 5.97. The minimum atomic E-state index is -0.333. The Morgan fingerprint density at radius 1 is 1.24 bits per heavy atom. The summed E-state index contributed by atoms with van der Waals surface area (Å²) in [5.41, 5.74) is 1.09. The van der Waals surface area contributed by atoms with E-state index in [1.165, 1.54) is 12.4 Å². The van der Waals surface area contributed by atoms with Crippen molar-refractivity contribution >= 4 is 17.5 Å². The third-order valence-corrected chi connectivity index (χ3v) is 3.08. The van der Waals surface area contributed by atoms with Crippen LogP contribution < -0.4 is 14.8 Å². The first-order chi connectivity index (χ1) is 10.2. The van der Waals surface area contributed by atoms with Crippen LogP contribution in [0, 0.1) is 0 Å². The van der Waals surface area contributed by atoms with Crippen LogP contribution in [0.4, 0.5) is 0 Å². The van der Waals surface area contributed by atoms with E-state index in [4.69, 9.17) is 21.1 Å². The summed E-state index contributed by atoms with van der Waals surface area (Å²) in [6.45, 7) is 1.43. The van der Waals surface area contributed by atoms with Crippen LogP contribution in [0.2, 0.25) is 5.15 Å². The van der Waals surface area contributed by atoms with Gasteiger partial charge < -0.3 is 14.8 Å².